The Labute approximate surface area is 204 Å². The highest BCUT2D eigenvalue weighted by molar-refractivity contribution is 6.05. The predicted octanol–water partition coefficient (Wildman–Crippen LogP) is 6.50. The second-order valence-corrected chi connectivity index (χ2v) is 8.51. The number of hydrogen-bond donors (Lipinski definition) is 2. The first-order chi connectivity index (χ1) is 16.5. The molecule has 3 amide bonds. The van der Waals surface area contributed by atoms with Gasteiger partial charge in [-0.05, 0) is 68.8 Å². The molecule has 6 heteroatoms. The van der Waals surface area contributed by atoms with Gasteiger partial charge < -0.3 is 15.5 Å². The summed E-state index contributed by atoms with van der Waals surface area (Å²) in [7, 11) is 0. The molecule has 2 rings (SSSR count). The summed E-state index contributed by atoms with van der Waals surface area (Å²) >= 11 is 0. The number of rotatable bonds is 14. The Morgan fingerprint density at radius 2 is 1.15 bits per heavy atom. The van der Waals surface area contributed by atoms with E-state index in [9.17, 15) is 14.4 Å². The van der Waals surface area contributed by atoms with Crippen molar-refractivity contribution in [3.8, 4) is 0 Å². The van der Waals surface area contributed by atoms with Gasteiger partial charge in [-0.1, -0.05) is 45.4 Å². The van der Waals surface area contributed by atoms with Gasteiger partial charge in [-0.15, -0.1) is 0 Å². The van der Waals surface area contributed by atoms with Crippen LogP contribution in [0.3, 0.4) is 0 Å². The number of nitrogens with zero attached hydrogens (tertiary/aromatic N) is 1. The molecule has 0 saturated heterocycles. The smallest absolute Gasteiger partial charge is 0.255 e. The number of anilines is 2. The Morgan fingerprint density at radius 3 is 1.71 bits per heavy atom. The van der Waals surface area contributed by atoms with Crippen LogP contribution in [0.15, 0.2) is 48.5 Å². The van der Waals surface area contributed by atoms with E-state index >= 15 is 0 Å². The maximum Gasteiger partial charge on any atom is 0.255 e. The molecule has 0 spiro atoms. The van der Waals surface area contributed by atoms with Crippen molar-refractivity contribution in [2.45, 2.75) is 72.1 Å². The van der Waals surface area contributed by atoms with Crippen molar-refractivity contribution in [1.82, 2.24) is 4.90 Å². The standard InChI is InChI=1S/C28H39N3O3/c1-4-7-8-9-10-11-12-13-26(32)29-24-18-14-22(15-19-24)27(33)30-25-20-16-23(17-21-25)28(34)31(5-2)6-3/h14-21H,4-13H2,1-3H3,(H,29,32)(H,30,33). The number of benzene rings is 2. The van der Waals surface area contributed by atoms with Crippen molar-refractivity contribution in [3.05, 3.63) is 59.7 Å². The molecule has 0 heterocycles. The van der Waals surface area contributed by atoms with Crippen LogP contribution in [0.4, 0.5) is 11.4 Å². The van der Waals surface area contributed by atoms with E-state index < -0.39 is 0 Å². The minimum Gasteiger partial charge on any atom is -0.339 e. The summed E-state index contributed by atoms with van der Waals surface area (Å²) < 4.78 is 0. The Bertz CT molecular complexity index is 903. The summed E-state index contributed by atoms with van der Waals surface area (Å²) in [5, 5.41) is 5.74. The van der Waals surface area contributed by atoms with Gasteiger partial charge in [0.2, 0.25) is 5.91 Å². The molecule has 6 nitrogen and oxygen atoms in total. The van der Waals surface area contributed by atoms with Gasteiger partial charge in [0.15, 0.2) is 0 Å². The SMILES string of the molecule is CCCCCCCCCC(=O)Nc1ccc(C(=O)Nc2ccc(C(=O)N(CC)CC)cc2)cc1. The van der Waals surface area contributed by atoms with Gasteiger partial charge in [0, 0.05) is 42.0 Å². The lowest BCUT2D eigenvalue weighted by molar-refractivity contribution is -0.116. The minimum atomic E-state index is -0.247. The first-order valence-corrected chi connectivity index (χ1v) is 12.6. The monoisotopic (exact) mass is 465 g/mol. The van der Waals surface area contributed by atoms with Gasteiger partial charge in [-0.2, -0.15) is 0 Å². The Morgan fingerprint density at radius 1 is 0.647 bits per heavy atom. The van der Waals surface area contributed by atoms with Crippen molar-refractivity contribution in [2.75, 3.05) is 23.7 Å². The average molecular weight is 466 g/mol. The van der Waals surface area contributed by atoms with Crippen LogP contribution < -0.4 is 10.6 Å². The topological polar surface area (TPSA) is 78.5 Å². The van der Waals surface area contributed by atoms with E-state index in [1.54, 1.807) is 53.4 Å². The Kier molecular flexibility index (Phi) is 11.9. The third-order valence-electron chi connectivity index (χ3n) is 5.88. The first kappa shape index (κ1) is 27.1. The fourth-order valence-corrected chi connectivity index (χ4v) is 3.76. The third kappa shape index (κ3) is 9.00. The van der Waals surface area contributed by atoms with E-state index in [4.69, 9.17) is 0 Å². The number of carbonyl (C=O) groups excluding carboxylic acids is 3. The number of amides is 3. The van der Waals surface area contributed by atoms with Gasteiger partial charge in [-0.3, -0.25) is 14.4 Å². The molecule has 0 radical (unpaired) electrons. The van der Waals surface area contributed by atoms with Crippen molar-refractivity contribution >= 4 is 29.1 Å². The zero-order valence-electron chi connectivity index (χ0n) is 20.9. The van der Waals surface area contributed by atoms with Gasteiger partial charge in [0.1, 0.15) is 0 Å². The number of nitrogens with one attached hydrogen (secondary N) is 2. The highest BCUT2D eigenvalue weighted by Crippen LogP contribution is 2.16. The minimum absolute atomic E-state index is 0.00473. The van der Waals surface area contributed by atoms with E-state index in [0.29, 0.717) is 42.0 Å². The van der Waals surface area contributed by atoms with Crippen LogP contribution in [0.5, 0.6) is 0 Å². The zero-order chi connectivity index (χ0) is 24.8. The molecule has 2 aromatic carbocycles. The Balaban J connectivity index is 1.79. The van der Waals surface area contributed by atoms with E-state index in [2.05, 4.69) is 17.6 Å². The van der Waals surface area contributed by atoms with E-state index in [0.717, 1.165) is 12.8 Å². The summed E-state index contributed by atoms with van der Waals surface area (Å²) in [6.45, 7) is 7.42. The van der Waals surface area contributed by atoms with Gasteiger partial charge >= 0.3 is 0 Å². The van der Waals surface area contributed by atoms with Crippen LogP contribution in [-0.2, 0) is 4.79 Å². The van der Waals surface area contributed by atoms with E-state index in [1.165, 1.54) is 32.1 Å². The molecule has 0 atom stereocenters. The molecule has 0 aliphatic heterocycles. The molecule has 0 aliphatic carbocycles. The van der Waals surface area contributed by atoms with Crippen LogP contribution in [0.25, 0.3) is 0 Å². The normalized spacial score (nSPS) is 10.6. The van der Waals surface area contributed by atoms with E-state index in [1.807, 2.05) is 13.8 Å². The molecule has 184 valence electrons. The van der Waals surface area contributed by atoms with Gasteiger partial charge in [-0.25, -0.2) is 0 Å². The highest BCUT2D eigenvalue weighted by atomic mass is 16.2. The second kappa shape index (κ2) is 14.9. The lowest BCUT2D eigenvalue weighted by Crippen LogP contribution is -2.30. The summed E-state index contributed by atoms with van der Waals surface area (Å²) in [6, 6.07) is 13.8. The van der Waals surface area contributed by atoms with Crippen molar-refractivity contribution in [2.24, 2.45) is 0 Å². The summed E-state index contributed by atoms with van der Waals surface area (Å²) in [5.74, 6) is -0.263. The van der Waals surface area contributed by atoms with E-state index in [-0.39, 0.29) is 17.7 Å². The van der Waals surface area contributed by atoms with Gasteiger partial charge in [0.25, 0.3) is 11.8 Å². The molecular weight excluding hydrogens is 426 g/mol. The van der Waals surface area contributed by atoms with Crippen molar-refractivity contribution < 1.29 is 14.4 Å². The maximum atomic E-state index is 12.6. The summed E-state index contributed by atoms with van der Waals surface area (Å²) in [4.78, 5) is 38.9. The van der Waals surface area contributed by atoms with Crippen LogP contribution >= 0.6 is 0 Å². The second-order valence-electron chi connectivity index (χ2n) is 8.51. The van der Waals surface area contributed by atoms with Crippen LogP contribution in [-0.4, -0.2) is 35.7 Å². The molecular formula is C28H39N3O3. The number of carbonyl (C=O) groups is 3. The molecule has 0 saturated carbocycles. The lowest BCUT2D eigenvalue weighted by atomic mass is 10.1. The lowest BCUT2D eigenvalue weighted by Gasteiger charge is -2.18. The third-order valence-corrected chi connectivity index (χ3v) is 5.88. The molecule has 2 aromatic rings. The highest BCUT2D eigenvalue weighted by Gasteiger charge is 2.13. The molecule has 0 fully saturated rings. The van der Waals surface area contributed by atoms with Crippen molar-refractivity contribution in [1.29, 1.82) is 0 Å². The number of hydrogen-bond acceptors (Lipinski definition) is 3. The number of unbranched alkanes of at least 4 members (excludes halogenated alkanes) is 6. The molecule has 0 bridgehead atoms. The zero-order valence-corrected chi connectivity index (χ0v) is 20.9. The Hall–Kier alpha value is -3.15. The molecule has 34 heavy (non-hydrogen) atoms. The molecule has 0 aliphatic rings. The maximum absolute atomic E-state index is 12.6. The quantitative estimate of drug-likeness (QED) is 0.313. The van der Waals surface area contributed by atoms with Crippen LogP contribution in [0.1, 0.15) is 92.9 Å². The van der Waals surface area contributed by atoms with Crippen molar-refractivity contribution in [3.63, 3.8) is 0 Å². The fourth-order valence-electron chi connectivity index (χ4n) is 3.76. The largest absolute Gasteiger partial charge is 0.339 e. The van der Waals surface area contributed by atoms with Crippen LogP contribution in [0, 0.1) is 0 Å². The predicted molar refractivity (Wildman–Crippen MR) is 139 cm³/mol. The molecule has 0 aromatic heterocycles. The fraction of sp³-hybridized carbons (Fsp3) is 0.464. The summed E-state index contributed by atoms with van der Waals surface area (Å²) in [6.07, 6.45) is 8.75. The summed E-state index contributed by atoms with van der Waals surface area (Å²) in [5.41, 5.74) is 2.39. The molecule has 0 unspecified atom stereocenters. The molecule has 2 N–H and O–H groups in total. The van der Waals surface area contributed by atoms with Gasteiger partial charge in [0.05, 0.1) is 0 Å². The van der Waals surface area contributed by atoms with Crippen LogP contribution in [0.2, 0.25) is 0 Å². The first-order valence-electron chi connectivity index (χ1n) is 12.6. The average Bonchev–Trinajstić information content (AvgIpc) is 2.85.